The molecule has 1 amide bonds. The van der Waals surface area contributed by atoms with Crippen LogP contribution in [0.15, 0.2) is 30.3 Å². The third-order valence-electron chi connectivity index (χ3n) is 3.31. The first-order valence-electron chi connectivity index (χ1n) is 5.87. The van der Waals surface area contributed by atoms with Crippen LogP contribution in [-0.4, -0.2) is 18.5 Å². The largest absolute Gasteiger partial charge is 0.349 e. The molecule has 0 radical (unpaired) electrons. The second kappa shape index (κ2) is 6.62. The lowest BCUT2D eigenvalue weighted by atomic mass is 10.0. The third-order valence-corrected chi connectivity index (χ3v) is 3.31. The molecule has 1 aromatic rings. The van der Waals surface area contributed by atoms with E-state index in [0.29, 0.717) is 12.5 Å². The van der Waals surface area contributed by atoms with Crippen LogP contribution in [0.1, 0.15) is 29.6 Å². The molecule has 1 aliphatic carbocycles. The molecular formula is C13H19ClN2O. The molecule has 0 aromatic heterocycles. The van der Waals surface area contributed by atoms with E-state index in [0.717, 1.165) is 18.4 Å². The number of nitrogens with one attached hydrogen (secondary N) is 1. The lowest BCUT2D eigenvalue weighted by Gasteiger charge is -2.19. The summed E-state index contributed by atoms with van der Waals surface area (Å²) in [5.41, 5.74) is 6.41. The molecule has 1 aliphatic rings. The third kappa shape index (κ3) is 3.45. The predicted octanol–water partition coefficient (Wildman–Crippen LogP) is 1.97. The van der Waals surface area contributed by atoms with Crippen LogP contribution < -0.4 is 11.1 Å². The Morgan fingerprint density at radius 2 is 2.00 bits per heavy atom. The lowest BCUT2D eigenvalue weighted by molar-refractivity contribution is 0.0929. The predicted molar refractivity (Wildman–Crippen MR) is 71.3 cm³/mol. The fourth-order valence-corrected chi connectivity index (χ4v) is 2.35. The number of benzene rings is 1. The molecule has 4 heteroatoms. The summed E-state index contributed by atoms with van der Waals surface area (Å²) in [6, 6.07) is 9.60. The van der Waals surface area contributed by atoms with Crippen LogP contribution >= 0.6 is 12.4 Å². The molecule has 17 heavy (non-hydrogen) atoms. The zero-order valence-corrected chi connectivity index (χ0v) is 10.6. The smallest absolute Gasteiger partial charge is 0.251 e. The van der Waals surface area contributed by atoms with Crippen molar-refractivity contribution in [1.82, 2.24) is 5.32 Å². The van der Waals surface area contributed by atoms with Gasteiger partial charge in [0.15, 0.2) is 0 Å². The van der Waals surface area contributed by atoms with Gasteiger partial charge in [0.25, 0.3) is 5.91 Å². The molecule has 1 fully saturated rings. The summed E-state index contributed by atoms with van der Waals surface area (Å²) < 4.78 is 0. The minimum absolute atomic E-state index is 0. The van der Waals surface area contributed by atoms with Crippen LogP contribution in [0.3, 0.4) is 0 Å². The summed E-state index contributed by atoms with van der Waals surface area (Å²) in [5.74, 6) is 0.471. The van der Waals surface area contributed by atoms with Gasteiger partial charge in [0.1, 0.15) is 0 Å². The zero-order chi connectivity index (χ0) is 11.4. The number of rotatable bonds is 3. The molecule has 3 N–H and O–H groups in total. The summed E-state index contributed by atoms with van der Waals surface area (Å²) in [6.45, 7) is 0.666. The van der Waals surface area contributed by atoms with Crippen molar-refractivity contribution in [2.45, 2.75) is 25.3 Å². The number of hydrogen-bond donors (Lipinski definition) is 2. The van der Waals surface area contributed by atoms with Gasteiger partial charge in [-0.3, -0.25) is 4.79 Å². The van der Waals surface area contributed by atoms with E-state index in [1.54, 1.807) is 0 Å². The Kier molecular flexibility index (Phi) is 5.45. The van der Waals surface area contributed by atoms with E-state index in [4.69, 9.17) is 5.73 Å². The highest BCUT2D eigenvalue weighted by atomic mass is 35.5. The Morgan fingerprint density at radius 1 is 1.29 bits per heavy atom. The van der Waals surface area contributed by atoms with Crippen molar-refractivity contribution in [3.63, 3.8) is 0 Å². The number of hydrogen-bond acceptors (Lipinski definition) is 2. The number of carbonyl (C=O) groups is 1. The molecule has 2 atom stereocenters. The average Bonchev–Trinajstić information content (AvgIpc) is 2.77. The van der Waals surface area contributed by atoms with Gasteiger partial charge in [-0.15, -0.1) is 12.4 Å². The van der Waals surface area contributed by atoms with Gasteiger partial charge in [-0.1, -0.05) is 24.6 Å². The van der Waals surface area contributed by atoms with Gasteiger partial charge in [-0.25, -0.2) is 0 Å². The quantitative estimate of drug-likeness (QED) is 0.867. The van der Waals surface area contributed by atoms with Gasteiger partial charge >= 0.3 is 0 Å². The van der Waals surface area contributed by atoms with Crippen LogP contribution in [0.2, 0.25) is 0 Å². The molecule has 0 aliphatic heterocycles. The summed E-state index contributed by atoms with van der Waals surface area (Å²) in [6.07, 6.45) is 3.36. The van der Waals surface area contributed by atoms with E-state index in [1.807, 2.05) is 30.3 Å². The maximum Gasteiger partial charge on any atom is 0.251 e. The van der Waals surface area contributed by atoms with E-state index >= 15 is 0 Å². The molecule has 0 bridgehead atoms. The molecule has 1 saturated carbocycles. The molecule has 1 aromatic carbocycles. The van der Waals surface area contributed by atoms with E-state index in [9.17, 15) is 4.79 Å². The first-order valence-corrected chi connectivity index (χ1v) is 5.87. The second-order valence-electron chi connectivity index (χ2n) is 4.37. The minimum atomic E-state index is 0. The highest BCUT2D eigenvalue weighted by Crippen LogP contribution is 2.24. The summed E-state index contributed by atoms with van der Waals surface area (Å²) in [5, 5.41) is 3.08. The Bertz CT molecular complexity index is 356. The maximum absolute atomic E-state index is 11.9. The number of halogens is 1. The van der Waals surface area contributed by atoms with Crippen molar-refractivity contribution in [2.24, 2.45) is 11.7 Å². The average molecular weight is 255 g/mol. The summed E-state index contributed by atoms with van der Waals surface area (Å²) >= 11 is 0. The van der Waals surface area contributed by atoms with Crippen LogP contribution in [0.5, 0.6) is 0 Å². The molecular weight excluding hydrogens is 236 g/mol. The van der Waals surface area contributed by atoms with Gasteiger partial charge < -0.3 is 11.1 Å². The van der Waals surface area contributed by atoms with Gasteiger partial charge in [0.2, 0.25) is 0 Å². The fraction of sp³-hybridized carbons (Fsp3) is 0.462. The Morgan fingerprint density at radius 3 is 2.65 bits per heavy atom. The first kappa shape index (κ1) is 14.0. The monoisotopic (exact) mass is 254 g/mol. The van der Waals surface area contributed by atoms with Crippen LogP contribution in [0, 0.1) is 5.92 Å². The van der Waals surface area contributed by atoms with E-state index < -0.39 is 0 Å². The highest BCUT2D eigenvalue weighted by Gasteiger charge is 2.27. The molecule has 0 heterocycles. The molecule has 3 nitrogen and oxygen atoms in total. The van der Waals surface area contributed by atoms with Crippen molar-refractivity contribution in [1.29, 1.82) is 0 Å². The number of nitrogens with two attached hydrogens (primary N) is 1. The maximum atomic E-state index is 11.9. The van der Waals surface area contributed by atoms with Crippen molar-refractivity contribution >= 4 is 18.3 Å². The number of amides is 1. The van der Waals surface area contributed by atoms with Crippen molar-refractivity contribution in [2.75, 3.05) is 6.54 Å². The van der Waals surface area contributed by atoms with Crippen molar-refractivity contribution < 1.29 is 4.79 Å². The van der Waals surface area contributed by atoms with Crippen molar-refractivity contribution in [3.05, 3.63) is 35.9 Å². The fourth-order valence-electron chi connectivity index (χ4n) is 2.35. The van der Waals surface area contributed by atoms with Gasteiger partial charge in [-0.05, 0) is 37.4 Å². The zero-order valence-electron chi connectivity index (χ0n) is 9.76. The van der Waals surface area contributed by atoms with Crippen LogP contribution in [0.25, 0.3) is 0 Å². The normalized spacial score (nSPS) is 22.9. The lowest BCUT2D eigenvalue weighted by Crippen LogP contribution is -2.39. The summed E-state index contributed by atoms with van der Waals surface area (Å²) in [4.78, 5) is 11.9. The van der Waals surface area contributed by atoms with Gasteiger partial charge in [0.05, 0.1) is 0 Å². The molecule has 0 spiro atoms. The topological polar surface area (TPSA) is 55.1 Å². The van der Waals surface area contributed by atoms with Crippen LogP contribution in [-0.2, 0) is 0 Å². The van der Waals surface area contributed by atoms with Gasteiger partial charge in [-0.2, -0.15) is 0 Å². The minimum Gasteiger partial charge on any atom is -0.349 e. The van der Waals surface area contributed by atoms with Gasteiger partial charge in [0, 0.05) is 11.6 Å². The highest BCUT2D eigenvalue weighted by molar-refractivity contribution is 5.94. The molecule has 2 rings (SSSR count). The molecule has 0 saturated heterocycles. The van der Waals surface area contributed by atoms with E-state index in [-0.39, 0.29) is 24.4 Å². The molecule has 94 valence electrons. The Hall–Kier alpha value is -1.06. The van der Waals surface area contributed by atoms with Crippen LogP contribution in [0.4, 0.5) is 0 Å². The van der Waals surface area contributed by atoms with Crippen molar-refractivity contribution in [3.8, 4) is 0 Å². The van der Waals surface area contributed by atoms with E-state index in [2.05, 4.69) is 5.32 Å². The summed E-state index contributed by atoms with van der Waals surface area (Å²) in [7, 11) is 0. The Labute approximate surface area is 108 Å². The SMILES string of the molecule is Cl.NCC1CCCC1NC(=O)c1ccccc1. The standard InChI is InChI=1S/C13H18N2O.ClH/c14-9-11-7-4-8-12(11)15-13(16)10-5-2-1-3-6-10;/h1-3,5-6,11-12H,4,7-9,14H2,(H,15,16);1H. The van der Waals surface area contributed by atoms with E-state index in [1.165, 1.54) is 6.42 Å². The Balaban J connectivity index is 0.00000144. The second-order valence-corrected chi connectivity index (χ2v) is 4.37. The molecule has 2 unspecified atom stereocenters. The first-order chi connectivity index (χ1) is 7.81. The number of carbonyl (C=O) groups excluding carboxylic acids is 1.